The molecule has 0 aliphatic heterocycles. The quantitative estimate of drug-likeness (QED) is 0.600. The molecule has 0 saturated heterocycles. The largest absolute Gasteiger partial charge is 0.349 e. The van der Waals surface area contributed by atoms with Crippen LogP contribution in [0, 0.1) is 5.41 Å². The van der Waals surface area contributed by atoms with Crippen LogP contribution in [-0.2, 0) is 9.59 Å². The molecule has 1 radical (unpaired) electrons. The normalized spacial score (nSPS) is 10.9. The molecule has 0 spiro atoms. The highest BCUT2D eigenvalue weighted by Gasteiger charge is 2.22. The third-order valence-corrected chi connectivity index (χ3v) is 1.37. The molecule has 0 N–H and O–H groups in total. The van der Waals surface area contributed by atoms with Crippen molar-refractivity contribution in [3.05, 3.63) is 0 Å². The Labute approximate surface area is 67.4 Å². The highest BCUT2D eigenvalue weighted by molar-refractivity contribution is 5.80. The van der Waals surface area contributed by atoms with Gasteiger partial charge in [0.05, 0.1) is 0 Å². The van der Waals surface area contributed by atoms with Crippen LogP contribution in [0.4, 0.5) is 0 Å². The summed E-state index contributed by atoms with van der Waals surface area (Å²) in [6.07, 6.45) is 2.06. The van der Waals surface area contributed by atoms with Crippen LogP contribution in [0.2, 0.25) is 0 Å². The molecule has 0 aromatic carbocycles. The molecule has 0 saturated carbocycles. The van der Waals surface area contributed by atoms with E-state index in [-0.39, 0.29) is 12.3 Å². The van der Waals surface area contributed by atoms with E-state index in [4.69, 9.17) is 0 Å². The zero-order chi connectivity index (χ0) is 9.07. The molecule has 0 aliphatic carbocycles. The van der Waals surface area contributed by atoms with E-state index < -0.39 is 5.41 Å². The topological polar surface area (TPSA) is 37.4 Å². The molecule has 1 amide bonds. The van der Waals surface area contributed by atoms with E-state index in [0.717, 1.165) is 0 Å². The Balaban J connectivity index is 4.04. The van der Waals surface area contributed by atoms with Gasteiger partial charge in [0, 0.05) is 25.9 Å². The lowest BCUT2D eigenvalue weighted by molar-refractivity contribution is -0.129. The zero-order valence-electron chi connectivity index (χ0n) is 7.47. The van der Waals surface area contributed by atoms with E-state index in [2.05, 4.69) is 0 Å². The molecule has 0 aliphatic rings. The van der Waals surface area contributed by atoms with Crippen LogP contribution < -0.4 is 0 Å². The van der Waals surface area contributed by atoms with Crippen molar-refractivity contribution in [2.45, 2.75) is 20.3 Å². The van der Waals surface area contributed by atoms with Gasteiger partial charge in [-0.15, -0.1) is 0 Å². The third kappa shape index (κ3) is 3.75. The first-order valence-electron chi connectivity index (χ1n) is 3.48. The molecular formula is C8H14NO2. The number of nitrogens with zero attached hydrogens (tertiary/aromatic N) is 1. The number of carbonyl (C=O) groups is 1. The number of hydrogen-bond acceptors (Lipinski definition) is 2. The molecule has 3 heteroatoms. The molecule has 0 bridgehead atoms. The van der Waals surface area contributed by atoms with Gasteiger partial charge in [-0.05, 0) is 0 Å². The number of hydrogen-bond donors (Lipinski definition) is 0. The maximum absolute atomic E-state index is 11.1. The lowest BCUT2D eigenvalue weighted by atomic mass is 9.91. The fourth-order valence-electron chi connectivity index (χ4n) is 0.572. The van der Waals surface area contributed by atoms with E-state index in [0.29, 0.717) is 0 Å². The molecule has 0 heterocycles. The average Bonchev–Trinajstić information content (AvgIpc) is 1.87. The summed E-state index contributed by atoms with van der Waals surface area (Å²) in [7, 11) is 3.34. The molecular weight excluding hydrogens is 142 g/mol. The van der Waals surface area contributed by atoms with Crippen LogP contribution in [0.5, 0.6) is 0 Å². The van der Waals surface area contributed by atoms with E-state index >= 15 is 0 Å². The summed E-state index contributed by atoms with van der Waals surface area (Å²) in [4.78, 5) is 22.8. The summed E-state index contributed by atoms with van der Waals surface area (Å²) in [6.45, 7) is 3.39. The maximum atomic E-state index is 11.1. The van der Waals surface area contributed by atoms with Crippen LogP contribution in [0.1, 0.15) is 20.3 Å². The van der Waals surface area contributed by atoms with Crippen molar-refractivity contribution in [1.29, 1.82) is 0 Å². The Bertz CT molecular complexity index is 161. The smallest absolute Gasteiger partial charge is 0.223 e. The molecule has 0 aromatic heterocycles. The maximum Gasteiger partial charge on any atom is 0.223 e. The Hall–Kier alpha value is -0.860. The standard InChI is InChI=1S/C8H14NO2/c1-8(2,6-10)5-7(11)9(3)4/h5H2,1-4H3. The van der Waals surface area contributed by atoms with Crippen molar-refractivity contribution < 1.29 is 9.59 Å². The third-order valence-electron chi connectivity index (χ3n) is 1.37. The van der Waals surface area contributed by atoms with Crippen LogP contribution >= 0.6 is 0 Å². The number of amides is 1. The predicted octanol–water partition coefficient (Wildman–Crippen LogP) is 0.601. The summed E-state index contributed by atoms with van der Waals surface area (Å²) in [5.41, 5.74) is -0.651. The predicted molar refractivity (Wildman–Crippen MR) is 42.8 cm³/mol. The second-order valence-electron chi connectivity index (χ2n) is 3.45. The lowest BCUT2D eigenvalue weighted by Gasteiger charge is -2.17. The minimum Gasteiger partial charge on any atom is -0.349 e. The van der Waals surface area contributed by atoms with Gasteiger partial charge in [0.1, 0.15) is 0 Å². The highest BCUT2D eigenvalue weighted by Crippen LogP contribution is 2.16. The van der Waals surface area contributed by atoms with Crippen molar-refractivity contribution in [1.82, 2.24) is 4.90 Å². The first-order valence-corrected chi connectivity index (χ1v) is 3.48. The van der Waals surface area contributed by atoms with Crippen molar-refractivity contribution >= 4 is 12.2 Å². The van der Waals surface area contributed by atoms with E-state index in [9.17, 15) is 9.59 Å². The fraction of sp³-hybridized carbons (Fsp3) is 0.750. The lowest BCUT2D eigenvalue weighted by Crippen LogP contribution is -2.28. The van der Waals surface area contributed by atoms with Gasteiger partial charge in [-0.1, -0.05) is 13.8 Å². The second kappa shape index (κ2) is 3.51. The Morgan fingerprint density at radius 1 is 1.45 bits per heavy atom. The van der Waals surface area contributed by atoms with Gasteiger partial charge in [-0.2, -0.15) is 0 Å². The Morgan fingerprint density at radius 3 is 2.18 bits per heavy atom. The molecule has 0 fully saturated rings. The monoisotopic (exact) mass is 156 g/mol. The molecule has 3 nitrogen and oxygen atoms in total. The minimum absolute atomic E-state index is 0.0432. The fourth-order valence-corrected chi connectivity index (χ4v) is 0.572. The van der Waals surface area contributed by atoms with Crippen molar-refractivity contribution in [2.24, 2.45) is 5.41 Å². The van der Waals surface area contributed by atoms with Gasteiger partial charge >= 0.3 is 0 Å². The first-order chi connectivity index (χ1) is 4.89. The van der Waals surface area contributed by atoms with Crippen LogP contribution in [0.3, 0.4) is 0 Å². The van der Waals surface area contributed by atoms with E-state index in [1.165, 1.54) is 4.90 Å². The van der Waals surface area contributed by atoms with Gasteiger partial charge in [0.15, 0.2) is 0 Å². The molecule has 63 valence electrons. The summed E-state index contributed by atoms with van der Waals surface area (Å²) >= 11 is 0. The van der Waals surface area contributed by atoms with Crippen molar-refractivity contribution in [3.63, 3.8) is 0 Å². The van der Waals surface area contributed by atoms with Crippen LogP contribution in [0.25, 0.3) is 0 Å². The zero-order valence-corrected chi connectivity index (χ0v) is 7.47. The number of rotatable bonds is 3. The van der Waals surface area contributed by atoms with Crippen molar-refractivity contribution in [3.8, 4) is 0 Å². The minimum atomic E-state index is -0.651. The summed E-state index contributed by atoms with van der Waals surface area (Å²) < 4.78 is 0. The first kappa shape index (κ1) is 10.1. The highest BCUT2D eigenvalue weighted by atomic mass is 16.2. The Morgan fingerprint density at radius 2 is 1.91 bits per heavy atom. The van der Waals surface area contributed by atoms with Gasteiger partial charge < -0.3 is 4.90 Å². The molecule has 11 heavy (non-hydrogen) atoms. The Kier molecular flexibility index (Phi) is 3.23. The SMILES string of the molecule is CN(C)C(=O)CC(C)(C)[C]=O. The summed E-state index contributed by atoms with van der Waals surface area (Å²) in [5.74, 6) is -0.0432. The van der Waals surface area contributed by atoms with Crippen molar-refractivity contribution in [2.75, 3.05) is 14.1 Å². The average molecular weight is 156 g/mol. The molecule has 0 rings (SSSR count). The van der Waals surface area contributed by atoms with Gasteiger partial charge in [0.25, 0.3) is 0 Å². The molecule has 0 aromatic rings. The van der Waals surface area contributed by atoms with Crippen LogP contribution in [-0.4, -0.2) is 31.2 Å². The summed E-state index contributed by atoms with van der Waals surface area (Å²) in [5, 5.41) is 0. The van der Waals surface area contributed by atoms with E-state index in [1.54, 1.807) is 27.9 Å². The second-order valence-corrected chi connectivity index (χ2v) is 3.45. The summed E-state index contributed by atoms with van der Waals surface area (Å²) in [6, 6.07) is 0. The number of carbonyl (C=O) groups excluding carboxylic acids is 2. The van der Waals surface area contributed by atoms with Crippen LogP contribution in [0.15, 0.2) is 0 Å². The van der Waals surface area contributed by atoms with Gasteiger partial charge in [-0.25, -0.2) is 0 Å². The van der Waals surface area contributed by atoms with Gasteiger partial charge in [0.2, 0.25) is 12.2 Å². The molecule has 0 atom stereocenters. The molecule has 0 unspecified atom stereocenters. The van der Waals surface area contributed by atoms with E-state index in [1.807, 2.05) is 6.29 Å². The van der Waals surface area contributed by atoms with Gasteiger partial charge in [-0.3, -0.25) is 9.59 Å².